The first kappa shape index (κ1) is 59.6. The number of aliphatic hydroxyl groups is 1. The molecule has 0 aromatic carbocycles. The summed E-state index contributed by atoms with van der Waals surface area (Å²) in [5, 5.41) is 22.6. The van der Waals surface area contributed by atoms with Crippen molar-refractivity contribution in [1.82, 2.24) is 10.6 Å². The third-order valence-electron chi connectivity index (χ3n) is 12.3. The van der Waals surface area contributed by atoms with Crippen LogP contribution in [0.15, 0.2) is 12.2 Å². The summed E-state index contributed by atoms with van der Waals surface area (Å²) < 4.78 is 6.07. The van der Waals surface area contributed by atoms with Crippen molar-refractivity contribution < 1.29 is 34.1 Å². The van der Waals surface area contributed by atoms with Gasteiger partial charge in [0.1, 0.15) is 12.1 Å². The summed E-state index contributed by atoms with van der Waals surface area (Å²) in [6.07, 6.45) is 54.0. The number of carbonyl (C=O) groups is 4. The average molecular weight is 877 g/mol. The number of allylic oxidation sites excluding steroid dienone is 2. The van der Waals surface area contributed by atoms with Crippen molar-refractivity contribution in [3.05, 3.63) is 12.2 Å². The molecule has 364 valence electrons. The van der Waals surface area contributed by atoms with Crippen molar-refractivity contribution in [2.45, 2.75) is 289 Å². The number of nitrogens with one attached hydrogen (secondary N) is 2. The lowest BCUT2D eigenvalue weighted by atomic mass is 10.0. The number of amides is 2. The molecule has 0 fully saturated rings. The van der Waals surface area contributed by atoms with E-state index < -0.39 is 24.5 Å². The Labute approximate surface area is 381 Å². The Bertz CT molecular complexity index is 1050. The monoisotopic (exact) mass is 877 g/mol. The van der Waals surface area contributed by atoms with Gasteiger partial charge in [0, 0.05) is 12.8 Å². The quantitative estimate of drug-likeness (QED) is 0.0271. The van der Waals surface area contributed by atoms with Crippen molar-refractivity contribution in [2.24, 2.45) is 0 Å². The maximum absolute atomic E-state index is 12.9. The van der Waals surface area contributed by atoms with E-state index in [0.29, 0.717) is 19.3 Å². The number of carboxylic acid groups (broad SMARTS) is 1. The molecule has 0 aliphatic heterocycles. The van der Waals surface area contributed by atoms with Crippen LogP contribution < -0.4 is 10.6 Å². The lowest BCUT2D eigenvalue weighted by Gasteiger charge is -2.18. The van der Waals surface area contributed by atoms with Crippen molar-refractivity contribution in [1.29, 1.82) is 0 Å². The van der Waals surface area contributed by atoms with Crippen molar-refractivity contribution in [2.75, 3.05) is 13.2 Å². The van der Waals surface area contributed by atoms with Crippen LogP contribution in [0.25, 0.3) is 0 Å². The Balaban J connectivity index is 4.13. The Morgan fingerprint density at radius 2 is 0.823 bits per heavy atom. The van der Waals surface area contributed by atoms with Gasteiger partial charge < -0.3 is 25.6 Å². The predicted molar refractivity (Wildman–Crippen MR) is 259 cm³/mol. The predicted octanol–water partition coefficient (Wildman–Crippen LogP) is 14.2. The summed E-state index contributed by atoms with van der Waals surface area (Å²) in [6.45, 7) is 3.52. The van der Waals surface area contributed by atoms with Crippen LogP contribution in [0.3, 0.4) is 0 Å². The number of hydrogen-bond donors (Lipinski definition) is 4. The zero-order chi connectivity index (χ0) is 45.4. The number of hydrogen-bond acceptors (Lipinski definition) is 6. The highest BCUT2D eigenvalue weighted by Crippen LogP contribution is 2.20. The van der Waals surface area contributed by atoms with E-state index in [4.69, 9.17) is 14.9 Å². The molecule has 0 aromatic rings. The SMILES string of the molecule is CCCCCCCCCC/C=C\CCCCCCCCCCCCCC(=O)OC(CCCCCCCCCCCCC)CCCCCCCC(=O)NCC(=O)NC(CO)C(=O)O. The van der Waals surface area contributed by atoms with Gasteiger partial charge in [0.15, 0.2) is 0 Å². The fraction of sp³-hybridized carbons (Fsp3) is 0.887. The van der Waals surface area contributed by atoms with Crippen LogP contribution in [0.1, 0.15) is 277 Å². The van der Waals surface area contributed by atoms with E-state index in [1.165, 1.54) is 186 Å². The minimum atomic E-state index is -1.38. The molecule has 0 radical (unpaired) electrons. The normalized spacial score (nSPS) is 12.4. The standard InChI is InChI=1S/C53H100N2O7/c1-3-5-7-9-11-13-15-16-17-18-19-20-21-22-23-24-25-26-28-30-32-37-41-45-52(59)62-48(42-38-34-31-29-27-14-12-10-8-6-4-2)43-39-35-33-36-40-44-50(57)54-46-51(58)55-49(47-56)53(60)61/h18-19,48-49,56H,3-17,20-47H2,1-2H3,(H,54,57)(H,55,58)(H,60,61)/b19-18-. The largest absolute Gasteiger partial charge is 0.480 e. The van der Waals surface area contributed by atoms with Crippen molar-refractivity contribution in [3.63, 3.8) is 0 Å². The van der Waals surface area contributed by atoms with E-state index in [9.17, 15) is 19.2 Å². The minimum Gasteiger partial charge on any atom is -0.480 e. The summed E-state index contributed by atoms with van der Waals surface area (Å²) in [4.78, 5) is 47.8. The van der Waals surface area contributed by atoms with E-state index in [2.05, 4.69) is 36.6 Å². The summed E-state index contributed by atoms with van der Waals surface area (Å²) in [7, 11) is 0. The Morgan fingerprint density at radius 1 is 0.468 bits per heavy atom. The molecule has 0 saturated heterocycles. The molecule has 0 aliphatic rings. The summed E-state index contributed by atoms with van der Waals surface area (Å²) >= 11 is 0. The summed E-state index contributed by atoms with van der Waals surface area (Å²) in [6, 6.07) is -1.38. The third-order valence-corrected chi connectivity index (χ3v) is 12.3. The number of aliphatic carboxylic acids is 1. The van der Waals surface area contributed by atoms with Crippen LogP contribution in [0.5, 0.6) is 0 Å². The van der Waals surface area contributed by atoms with Crippen LogP contribution in [-0.2, 0) is 23.9 Å². The lowest BCUT2D eigenvalue weighted by Crippen LogP contribution is -2.47. The van der Waals surface area contributed by atoms with Gasteiger partial charge in [0.05, 0.1) is 13.2 Å². The summed E-state index contributed by atoms with van der Waals surface area (Å²) in [5.41, 5.74) is 0. The van der Waals surface area contributed by atoms with Crippen molar-refractivity contribution in [3.8, 4) is 0 Å². The highest BCUT2D eigenvalue weighted by atomic mass is 16.5. The lowest BCUT2D eigenvalue weighted by molar-refractivity contribution is -0.150. The van der Waals surface area contributed by atoms with Gasteiger partial charge in [-0.1, -0.05) is 212 Å². The number of carbonyl (C=O) groups excluding carboxylic acids is 3. The molecule has 9 nitrogen and oxygen atoms in total. The van der Waals surface area contributed by atoms with Crippen LogP contribution in [0.4, 0.5) is 0 Å². The molecule has 2 unspecified atom stereocenters. The zero-order valence-corrected chi connectivity index (χ0v) is 40.7. The first-order chi connectivity index (χ1) is 30.3. The van der Waals surface area contributed by atoms with Gasteiger partial charge in [-0.05, 0) is 64.2 Å². The van der Waals surface area contributed by atoms with Gasteiger partial charge in [-0.25, -0.2) is 4.79 Å². The molecule has 0 spiro atoms. The molecule has 4 N–H and O–H groups in total. The van der Waals surface area contributed by atoms with Gasteiger partial charge in [-0.15, -0.1) is 0 Å². The number of esters is 1. The van der Waals surface area contributed by atoms with Crippen LogP contribution in [0, 0.1) is 0 Å². The molecule has 9 heteroatoms. The zero-order valence-electron chi connectivity index (χ0n) is 40.7. The van der Waals surface area contributed by atoms with Crippen LogP contribution in [0.2, 0.25) is 0 Å². The van der Waals surface area contributed by atoms with E-state index in [1.807, 2.05) is 0 Å². The van der Waals surface area contributed by atoms with Gasteiger partial charge in [0.25, 0.3) is 0 Å². The highest BCUT2D eigenvalue weighted by Gasteiger charge is 2.19. The Morgan fingerprint density at radius 3 is 1.21 bits per heavy atom. The van der Waals surface area contributed by atoms with Crippen molar-refractivity contribution >= 4 is 23.8 Å². The second kappa shape index (κ2) is 48.0. The Kier molecular flexibility index (Phi) is 46.2. The van der Waals surface area contributed by atoms with Crippen LogP contribution >= 0.6 is 0 Å². The number of aliphatic hydroxyl groups excluding tert-OH is 1. The molecule has 2 atom stereocenters. The molecule has 62 heavy (non-hydrogen) atoms. The van der Waals surface area contributed by atoms with Gasteiger partial charge in [0.2, 0.25) is 11.8 Å². The minimum absolute atomic E-state index is 0.00875. The number of rotatable bonds is 49. The third kappa shape index (κ3) is 44.2. The van der Waals surface area contributed by atoms with Crippen LogP contribution in [-0.4, -0.2) is 59.3 Å². The Hall–Kier alpha value is -2.42. The van der Waals surface area contributed by atoms with E-state index in [-0.39, 0.29) is 24.5 Å². The fourth-order valence-corrected chi connectivity index (χ4v) is 8.18. The van der Waals surface area contributed by atoms with Gasteiger partial charge in [-0.3, -0.25) is 14.4 Å². The average Bonchev–Trinajstić information content (AvgIpc) is 3.26. The molecule has 0 aliphatic carbocycles. The molecule has 0 saturated carbocycles. The van der Waals surface area contributed by atoms with E-state index in [1.54, 1.807) is 0 Å². The summed E-state index contributed by atoms with van der Waals surface area (Å²) in [5.74, 6) is -2.27. The van der Waals surface area contributed by atoms with E-state index >= 15 is 0 Å². The molecule has 0 aromatic heterocycles. The molecule has 2 amide bonds. The maximum atomic E-state index is 12.9. The second-order valence-corrected chi connectivity index (χ2v) is 18.3. The molecule has 0 bridgehead atoms. The molecule has 0 rings (SSSR count). The fourth-order valence-electron chi connectivity index (χ4n) is 8.18. The number of carboxylic acids is 1. The second-order valence-electron chi connectivity index (χ2n) is 18.3. The topological polar surface area (TPSA) is 142 Å². The smallest absolute Gasteiger partial charge is 0.328 e. The first-order valence-electron chi connectivity index (χ1n) is 26.6. The van der Waals surface area contributed by atoms with Gasteiger partial charge >= 0.3 is 11.9 Å². The number of ether oxygens (including phenoxy) is 1. The van der Waals surface area contributed by atoms with Gasteiger partial charge in [-0.2, -0.15) is 0 Å². The molecular formula is C53H100N2O7. The highest BCUT2D eigenvalue weighted by molar-refractivity contribution is 5.87. The first-order valence-corrected chi connectivity index (χ1v) is 26.6. The maximum Gasteiger partial charge on any atom is 0.328 e. The van der Waals surface area contributed by atoms with E-state index in [0.717, 1.165) is 57.8 Å². The number of unbranched alkanes of at least 4 members (excludes halogenated alkanes) is 33. The molecular weight excluding hydrogens is 777 g/mol. The molecule has 0 heterocycles.